The van der Waals surface area contributed by atoms with Crippen molar-refractivity contribution in [3.8, 4) is 0 Å². The summed E-state index contributed by atoms with van der Waals surface area (Å²) in [6, 6.07) is 11.2. The second-order valence-corrected chi connectivity index (χ2v) is 7.80. The van der Waals surface area contributed by atoms with E-state index in [1.165, 1.54) is 17.3 Å². The Bertz CT molecular complexity index is 1140. The monoisotopic (exact) mass is 382 g/mol. The van der Waals surface area contributed by atoms with E-state index < -0.39 is 0 Å². The van der Waals surface area contributed by atoms with E-state index in [1.807, 2.05) is 12.1 Å². The number of rotatable bonds is 4. The van der Waals surface area contributed by atoms with Crippen molar-refractivity contribution in [1.82, 2.24) is 9.97 Å². The molecule has 3 N–H and O–H groups in total. The number of nitrogens with zero attached hydrogens (tertiary/aromatic N) is 2. The molecule has 2 aromatic carbocycles. The number of halogens is 1. The van der Waals surface area contributed by atoms with Gasteiger partial charge < -0.3 is 20.3 Å². The SMILES string of the molecule is OCCNc1nc2ccc(N3CCc4[nH]c5ccc(F)cc5c4C3)cc2s1. The van der Waals surface area contributed by atoms with E-state index in [9.17, 15) is 4.39 Å². The highest BCUT2D eigenvalue weighted by molar-refractivity contribution is 7.22. The highest BCUT2D eigenvalue weighted by Crippen LogP contribution is 2.34. The Labute approximate surface area is 159 Å². The van der Waals surface area contributed by atoms with Crippen LogP contribution in [0.1, 0.15) is 11.3 Å². The number of H-pyrrole nitrogens is 1. The molecule has 1 aliphatic heterocycles. The highest BCUT2D eigenvalue weighted by Gasteiger charge is 2.21. The standard InChI is InChI=1S/C20H19FN4OS/c21-12-1-3-16-14(9-12)15-11-25(7-5-17(15)23-16)13-2-4-18-19(10-13)27-20(24-18)22-6-8-26/h1-4,9-10,23,26H,5-8,11H2,(H,22,24). The molecule has 0 spiro atoms. The quantitative estimate of drug-likeness (QED) is 0.501. The predicted octanol–water partition coefficient (Wildman–Crippen LogP) is 3.88. The van der Waals surface area contributed by atoms with Gasteiger partial charge in [-0.1, -0.05) is 11.3 Å². The third kappa shape index (κ3) is 2.93. The summed E-state index contributed by atoms with van der Waals surface area (Å²) in [7, 11) is 0. The molecular formula is C20H19FN4OS. The Balaban J connectivity index is 1.47. The fourth-order valence-electron chi connectivity index (χ4n) is 3.76. The van der Waals surface area contributed by atoms with Crippen LogP contribution in [-0.2, 0) is 13.0 Å². The molecule has 4 aromatic rings. The van der Waals surface area contributed by atoms with E-state index in [1.54, 1.807) is 17.4 Å². The zero-order valence-corrected chi connectivity index (χ0v) is 15.4. The zero-order valence-electron chi connectivity index (χ0n) is 14.6. The first kappa shape index (κ1) is 16.5. The van der Waals surface area contributed by atoms with Gasteiger partial charge in [-0.3, -0.25) is 0 Å². The fraction of sp³-hybridized carbons (Fsp3) is 0.250. The number of benzene rings is 2. The molecule has 0 bridgehead atoms. The van der Waals surface area contributed by atoms with Crippen LogP contribution in [0.4, 0.5) is 15.2 Å². The molecule has 0 aliphatic carbocycles. The first-order chi connectivity index (χ1) is 13.2. The fourth-order valence-corrected chi connectivity index (χ4v) is 4.68. The van der Waals surface area contributed by atoms with E-state index in [0.29, 0.717) is 6.54 Å². The number of thiazole rings is 1. The van der Waals surface area contributed by atoms with Gasteiger partial charge in [-0.2, -0.15) is 0 Å². The average Bonchev–Trinajstić information content (AvgIpc) is 3.25. The molecule has 0 saturated heterocycles. The average molecular weight is 382 g/mol. The Morgan fingerprint density at radius 3 is 3.07 bits per heavy atom. The third-order valence-electron chi connectivity index (χ3n) is 5.06. The molecule has 0 fully saturated rings. The van der Waals surface area contributed by atoms with E-state index in [2.05, 4.69) is 32.3 Å². The van der Waals surface area contributed by atoms with E-state index in [0.717, 1.165) is 51.4 Å². The van der Waals surface area contributed by atoms with Gasteiger partial charge in [0.15, 0.2) is 5.13 Å². The second kappa shape index (κ2) is 6.51. The highest BCUT2D eigenvalue weighted by atomic mass is 32.1. The number of nitrogens with one attached hydrogen (secondary N) is 2. The van der Waals surface area contributed by atoms with Gasteiger partial charge in [-0.15, -0.1) is 0 Å². The summed E-state index contributed by atoms with van der Waals surface area (Å²) in [4.78, 5) is 10.3. The van der Waals surface area contributed by atoms with Crippen LogP contribution >= 0.6 is 11.3 Å². The lowest BCUT2D eigenvalue weighted by Gasteiger charge is -2.29. The first-order valence-electron chi connectivity index (χ1n) is 9.00. The number of hydrogen-bond acceptors (Lipinski definition) is 5. The maximum atomic E-state index is 13.7. The van der Waals surface area contributed by atoms with Crippen molar-refractivity contribution in [1.29, 1.82) is 0 Å². The number of aliphatic hydroxyl groups is 1. The van der Waals surface area contributed by atoms with Crippen LogP contribution in [0, 0.1) is 5.82 Å². The molecule has 0 amide bonds. The van der Waals surface area contributed by atoms with Gasteiger partial charge in [0.05, 0.1) is 16.8 Å². The molecule has 0 radical (unpaired) electrons. The summed E-state index contributed by atoms with van der Waals surface area (Å²) in [5.41, 5.74) is 5.50. The lowest BCUT2D eigenvalue weighted by Crippen LogP contribution is -2.29. The van der Waals surface area contributed by atoms with Crippen LogP contribution in [0.3, 0.4) is 0 Å². The molecule has 0 saturated carbocycles. The maximum absolute atomic E-state index is 13.7. The van der Waals surface area contributed by atoms with Gasteiger partial charge in [0.2, 0.25) is 0 Å². The summed E-state index contributed by atoms with van der Waals surface area (Å²) < 4.78 is 14.8. The Morgan fingerprint density at radius 1 is 1.26 bits per heavy atom. The van der Waals surface area contributed by atoms with Crippen molar-refractivity contribution in [3.63, 3.8) is 0 Å². The number of aromatic nitrogens is 2. The topological polar surface area (TPSA) is 64.2 Å². The second-order valence-electron chi connectivity index (χ2n) is 6.76. The van der Waals surface area contributed by atoms with Gasteiger partial charge in [-0.25, -0.2) is 9.37 Å². The van der Waals surface area contributed by atoms with Gasteiger partial charge >= 0.3 is 0 Å². The minimum absolute atomic E-state index is 0.0858. The number of fused-ring (bicyclic) bond motifs is 4. The largest absolute Gasteiger partial charge is 0.395 e. The molecule has 1 aliphatic rings. The van der Waals surface area contributed by atoms with Crippen LogP contribution in [-0.4, -0.2) is 34.8 Å². The van der Waals surface area contributed by atoms with Gasteiger partial charge in [-0.05, 0) is 36.4 Å². The molecule has 0 atom stereocenters. The molecule has 138 valence electrons. The minimum atomic E-state index is -0.199. The molecule has 0 unspecified atom stereocenters. The van der Waals surface area contributed by atoms with Crippen LogP contribution in [0.15, 0.2) is 36.4 Å². The minimum Gasteiger partial charge on any atom is -0.395 e. The van der Waals surface area contributed by atoms with Crippen molar-refractivity contribution in [2.24, 2.45) is 0 Å². The van der Waals surface area contributed by atoms with Crippen molar-refractivity contribution < 1.29 is 9.50 Å². The summed E-state index contributed by atoms with van der Waals surface area (Å²) in [6.07, 6.45) is 0.912. The van der Waals surface area contributed by atoms with Gasteiger partial charge in [0.1, 0.15) is 5.82 Å². The lowest BCUT2D eigenvalue weighted by atomic mass is 10.0. The van der Waals surface area contributed by atoms with E-state index in [4.69, 9.17) is 5.11 Å². The Kier molecular flexibility index (Phi) is 3.98. The number of aromatic amines is 1. The Morgan fingerprint density at radius 2 is 2.19 bits per heavy atom. The van der Waals surface area contributed by atoms with Gasteiger partial charge in [0.25, 0.3) is 0 Å². The normalized spacial score (nSPS) is 14.1. The molecule has 2 aromatic heterocycles. The van der Waals surface area contributed by atoms with E-state index >= 15 is 0 Å². The van der Waals surface area contributed by atoms with Crippen LogP contribution < -0.4 is 10.2 Å². The molecule has 27 heavy (non-hydrogen) atoms. The van der Waals surface area contributed by atoms with Crippen LogP contribution in [0.2, 0.25) is 0 Å². The summed E-state index contributed by atoms with van der Waals surface area (Å²) in [5, 5.41) is 13.9. The predicted molar refractivity (Wildman–Crippen MR) is 108 cm³/mol. The molecule has 5 nitrogen and oxygen atoms in total. The van der Waals surface area contributed by atoms with E-state index in [-0.39, 0.29) is 12.4 Å². The first-order valence-corrected chi connectivity index (χ1v) is 9.82. The lowest BCUT2D eigenvalue weighted by molar-refractivity contribution is 0.311. The number of aliphatic hydroxyl groups excluding tert-OH is 1. The molecule has 7 heteroatoms. The van der Waals surface area contributed by atoms with Crippen molar-refractivity contribution in [2.45, 2.75) is 13.0 Å². The number of anilines is 2. The van der Waals surface area contributed by atoms with Crippen molar-refractivity contribution >= 4 is 43.3 Å². The smallest absolute Gasteiger partial charge is 0.183 e. The van der Waals surface area contributed by atoms with Gasteiger partial charge in [0, 0.05) is 53.9 Å². The molecule has 3 heterocycles. The molecule has 5 rings (SSSR count). The third-order valence-corrected chi connectivity index (χ3v) is 6.04. The van der Waals surface area contributed by atoms with Crippen LogP contribution in [0.25, 0.3) is 21.1 Å². The van der Waals surface area contributed by atoms with Crippen molar-refractivity contribution in [2.75, 3.05) is 29.9 Å². The zero-order chi connectivity index (χ0) is 18.4. The summed E-state index contributed by atoms with van der Waals surface area (Å²) in [5.74, 6) is -0.199. The Hall–Kier alpha value is -2.64. The molecular weight excluding hydrogens is 363 g/mol. The maximum Gasteiger partial charge on any atom is 0.183 e. The summed E-state index contributed by atoms with van der Waals surface area (Å²) in [6.45, 7) is 2.27. The van der Waals surface area contributed by atoms with Crippen molar-refractivity contribution in [3.05, 3.63) is 53.5 Å². The number of hydrogen-bond donors (Lipinski definition) is 3. The van der Waals surface area contributed by atoms with Crippen LogP contribution in [0.5, 0.6) is 0 Å². The summed E-state index contributed by atoms with van der Waals surface area (Å²) >= 11 is 1.59.